The average molecular weight is 407 g/mol. The quantitative estimate of drug-likeness (QED) is 0.309. The standard InChI is InChI=1S/C18H15ClN2O5S/c1-2-9-20-17(22)11-26-18(23)15-10-13(21(24)25)5-8-16(15)27-14-6-3-12(19)4-7-14/h2-8,10H,1,9,11H2,(H,20,22). The second kappa shape index (κ2) is 9.75. The van der Waals surface area contributed by atoms with Crippen molar-refractivity contribution in [2.45, 2.75) is 9.79 Å². The molecule has 0 heterocycles. The van der Waals surface area contributed by atoms with Gasteiger partial charge in [-0.15, -0.1) is 6.58 Å². The van der Waals surface area contributed by atoms with E-state index >= 15 is 0 Å². The number of halogens is 1. The molecule has 0 aromatic heterocycles. The molecule has 140 valence electrons. The summed E-state index contributed by atoms with van der Waals surface area (Å²) in [5.74, 6) is -1.33. The van der Waals surface area contributed by atoms with E-state index in [0.717, 1.165) is 11.0 Å². The highest BCUT2D eigenvalue weighted by Gasteiger charge is 2.19. The summed E-state index contributed by atoms with van der Waals surface area (Å²) >= 11 is 7.08. The molecule has 0 spiro atoms. The summed E-state index contributed by atoms with van der Waals surface area (Å²) < 4.78 is 4.98. The molecule has 7 nitrogen and oxygen atoms in total. The Morgan fingerprint density at radius 2 is 1.96 bits per heavy atom. The Hall–Kier alpha value is -2.84. The number of non-ortho nitro benzene ring substituents is 1. The first kappa shape index (κ1) is 20.5. The van der Waals surface area contributed by atoms with Crippen molar-refractivity contribution in [1.82, 2.24) is 5.32 Å². The predicted molar refractivity (Wildman–Crippen MR) is 102 cm³/mol. The highest BCUT2D eigenvalue weighted by atomic mass is 35.5. The van der Waals surface area contributed by atoms with Gasteiger partial charge >= 0.3 is 5.97 Å². The first-order chi connectivity index (χ1) is 12.9. The fourth-order valence-electron chi connectivity index (χ4n) is 1.96. The predicted octanol–water partition coefficient (Wildman–Crippen LogP) is 3.86. The Morgan fingerprint density at radius 1 is 1.26 bits per heavy atom. The van der Waals surface area contributed by atoms with Crippen molar-refractivity contribution in [3.05, 3.63) is 75.8 Å². The summed E-state index contributed by atoms with van der Waals surface area (Å²) in [4.78, 5) is 35.6. The van der Waals surface area contributed by atoms with Gasteiger partial charge in [-0.3, -0.25) is 14.9 Å². The lowest BCUT2D eigenvalue weighted by Crippen LogP contribution is -2.28. The van der Waals surface area contributed by atoms with Crippen molar-refractivity contribution in [3.8, 4) is 0 Å². The first-order valence-corrected chi connectivity index (χ1v) is 8.86. The molecule has 2 aromatic rings. The summed E-state index contributed by atoms with van der Waals surface area (Å²) in [6, 6.07) is 10.8. The summed E-state index contributed by atoms with van der Waals surface area (Å²) in [6.07, 6.45) is 1.49. The molecule has 0 bridgehead atoms. The molecule has 0 saturated carbocycles. The van der Waals surface area contributed by atoms with Crippen LogP contribution >= 0.6 is 23.4 Å². The molecular formula is C18H15ClN2O5S. The number of hydrogen-bond donors (Lipinski definition) is 1. The van der Waals surface area contributed by atoms with Crippen LogP contribution in [-0.2, 0) is 9.53 Å². The average Bonchev–Trinajstić information content (AvgIpc) is 2.66. The smallest absolute Gasteiger partial charge is 0.340 e. The van der Waals surface area contributed by atoms with Crippen molar-refractivity contribution in [2.24, 2.45) is 0 Å². The minimum Gasteiger partial charge on any atom is -0.452 e. The number of ether oxygens (including phenoxy) is 1. The maximum absolute atomic E-state index is 12.4. The second-order valence-electron chi connectivity index (χ2n) is 5.16. The SMILES string of the molecule is C=CCNC(=O)COC(=O)c1cc([N+](=O)[O-])ccc1Sc1ccc(Cl)cc1. The molecule has 0 radical (unpaired) electrons. The maximum Gasteiger partial charge on any atom is 0.340 e. The van der Waals surface area contributed by atoms with Crippen LogP contribution in [0.2, 0.25) is 5.02 Å². The van der Waals surface area contributed by atoms with Gasteiger partial charge in [-0.05, 0) is 30.3 Å². The fraction of sp³-hybridized carbons (Fsp3) is 0.111. The third-order valence-electron chi connectivity index (χ3n) is 3.21. The van der Waals surface area contributed by atoms with Gasteiger partial charge in [0.05, 0.1) is 10.5 Å². The third kappa shape index (κ3) is 6.12. The van der Waals surface area contributed by atoms with Gasteiger partial charge in [0.1, 0.15) is 0 Å². The maximum atomic E-state index is 12.4. The summed E-state index contributed by atoms with van der Waals surface area (Å²) in [6.45, 7) is 3.20. The highest BCUT2D eigenvalue weighted by molar-refractivity contribution is 7.99. The zero-order valence-corrected chi connectivity index (χ0v) is 15.6. The molecule has 1 amide bonds. The highest BCUT2D eigenvalue weighted by Crippen LogP contribution is 2.33. The Bertz CT molecular complexity index is 871. The molecule has 0 fully saturated rings. The van der Waals surface area contributed by atoms with Crippen molar-refractivity contribution in [3.63, 3.8) is 0 Å². The molecule has 27 heavy (non-hydrogen) atoms. The lowest BCUT2D eigenvalue weighted by molar-refractivity contribution is -0.384. The number of nitro benzene ring substituents is 1. The molecule has 2 aromatic carbocycles. The molecular weight excluding hydrogens is 392 g/mol. The summed E-state index contributed by atoms with van der Waals surface area (Å²) in [5.41, 5.74) is -0.251. The van der Waals surface area contributed by atoms with Gasteiger partial charge < -0.3 is 10.1 Å². The van der Waals surface area contributed by atoms with E-state index in [-0.39, 0.29) is 17.8 Å². The number of nitrogens with one attached hydrogen (secondary N) is 1. The van der Waals surface area contributed by atoms with Crippen LogP contribution in [0.15, 0.2) is 64.9 Å². The molecule has 0 aliphatic rings. The largest absolute Gasteiger partial charge is 0.452 e. The van der Waals surface area contributed by atoms with Crippen LogP contribution in [-0.4, -0.2) is 30.0 Å². The van der Waals surface area contributed by atoms with Gasteiger partial charge in [-0.2, -0.15) is 0 Å². The monoisotopic (exact) mass is 406 g/mol. The zero-order valence-electron chi connectivity index (χ0n) is 14.0. The number of rotatable bonds is 8. The van der Waals surface area contributed by atoms with Crippen molar-refractivity contribution in [2.75, 3.05) is 13.2 Å². The molecule has 0 atom stereocenters. The lowest BCUT2D eigenvalue weighted by Gasteiger charge is -2.10. The Morgan fingerprint density at radius 3 is 2.59 bits per heavy atom. The van der Waals surface area contributed by atoms with Crippen molar-refractivity contribution in [1.29, 1.82) is 0 Å². The number of esters is 1. The van der Waals surface area contributed by atoms with Gasteiger partial charge in [0.2, 0.25) is 0 Å². The van der Waals surface area contributed by atoms with Gasteiger partial charge in [0.25, 0.3) is 11.6 Å². The number of carbonyl (C=O) groups is 2. The van der Waals surface area contributed by atoms with Gasteiger partial charge in [-0.25, -0.2) is 4.79 Å². The second-order valence-corrected chi connectivity index (χ2v) is 6.71. The fourth-order valence-corrected chi connectivity index (χ4v) is 3.00. The normalized spacial score (nSPS) is 10.1. The van der Waals surface area contributed by atoms with E-state index in [1.807, 2.05) is 0 Å². The van der Waals surface area contributed by atoms with Crippen molar-refractivity contribution < 1.29 is 19.2 Å². The summed E-state index contributed by atoms with van der Waals surface area (Å²) in [5, 5.41) is 14.1. The number of nitro groups is 1. The van der Waals surface area contributed by atoms with E-state index < -0.39 is 23.4 Å². The molecule has 0 aliphatic heterocycles. The minimum absolute atomic E-state index is 0.000621. The van der Waals surface area contributed by atoms with Crippen LogP contribution in [0.3, 0.4) is 0 Å². The Kier molecular flexibility index (Phi) is 7.39. The molecule has 0 aliphatic carbocycles. The molecule has 0 saturated heterocycles. The zero-order chi connectivity index (χ0) is 19.8. The van der Waals surface area contributed by atoms with E-state index in [0.29, 0.717) is 9.92 Å². The van der Waals surface area contributed by atoms with Crippen LogP contribution in [0.25, 0.3) is 0 Å². The van der Waals surface area contributed by atoms with E-state index in [9.17, 15) is 19.7 Å². The topological polar surface area (TPSA) is 98.5 Å². The lowest BCUT2D eigenvalue weighted by atomic mass is 10.2. The van der Waals surface area contributed by atoms with E-state index in [1.165, 1.54) is 30.0 Å². The van der Waals surface area contributed by atoms with Gasteiger partial charge in [0, 0.05) is 33.5 Å². The van der Waals surface area contributed by atoms with E-state index in [4.69, 9.17) is 16.3 Å². The summed E-state index contributed by atoms with van der Waals surface area (Å²) in [7, 11) is 0. The number of nitrogens with zero attached hydrogens (tertiary/aromatic N) is 1. The van der Waals surface area contributed by atoms with Crippen LogP contribution in [0.5, 0.6) is 0 Å². The first-order valence-electron chi connectivity index (χ1n) is 7.67. The molecule has 9 heteroatoms. The van der Waals surface area contributed by atoms with E-state index in [2.05, 4.69) is 11.9 Å². The van der Waals surface area contributed by atoms with Crippen LogP contribution in [0, 0.1) is 10.1 Å². The Labute approximate surface area is 164 Å². The number of hydrogen-bond acceptors (Lipinski definition) is 6. The minimum atomic E-state index is -0.830. The number of benzene rings is 2. The van der Waals surface area contributed by atoms with Crippen LogP contribution in [0.1, 0.15) is 10.4 Å². The molecule has 1 N–H and O–H groups in total. The van der Waals surface area contributed by atoms with Crippen LogP contribution < -0.4 is 5.32 Å². The Balaban J connectivity index is 2.22. The van der Waals surface area contributed by atoms with E-state index in [1.54, 1.807) is 24.3 Å². The van der Waals surface area contributed by atoms with Gasteiger partial charge in [-0.1, -0.05) is 29.4 Å². The number of amides is 1. The van der Waals surface area contributed by atoms with Crippen molar-refractivity contribution >= 4 is 40.9 Å². The molecule has 0 unspecified atom stereocenters. The third-order valence-corrected chi connectivity index (χ3v) is 4.55. The van der Waals surface area contributed by atoms with Crippen LogP contribution in [0.4, 0.5) is 5.69 Å². The molecule has 2 rings (SSSR count). The van der Waals surface area contributed by atoms with Gasteiger partial charge in [0.15, 0.2) is 6.61 Å². The number of carbonyl (C=O) groups excluding carboxylic acids is 2.